The molecule has 4 N–H and O–H groups in total. The molecular weight excluding hydrogens is 620 g/mol. The number of hydrogen-bond acceptors (Lipinski definition) is 6. The molecule has 0 unspecified atom stereocenters. The first-order valence-corrected chi connectivity index (χ1v) is 18.2. The summed E-state index contributed by atoms with van der Waals surface area (Å²) in [5, 5.41) is 21.2. The predicted octanol–water partition coefficient (Wildman–Crippen LogP) is 6.45. The number of alkyl carbamates (subject to hydrolysis) is 1. The largest absolute Gasteiger partial charge is 0.453 e. The fourth-order valence-corrected chi connectivity index (χ4v) is 7.21. The molecule has 47 heavy (non-hydrogen) atoms. The van der Waals surface area contributed by atoms with Gasteiger partial charge in [-0.25, -0.2) is 9.59 Å². The molecule has 10 nitrogen and oxygen atoms in total. The molecule has 0 spiro atoms. The maximum absolute atomic E-state index is 13.9. The molecule has 5 atom stereocenters. The number of hydrogen-bond donors (Lipinski definition) is 4. The van der Waals surface area contributed by atoms with Gasteiger partial charge in [-0.2, -0.15) is 0 Å². The summed E-state index contributed by atoms with van der Waals surface area (Å²) in [6.45, 7) is 8.41. The molecule has 0 radical (unpaired) electrons. The molecule has 2 aliphatic rings. The van der Waals surface area contributed by atoms with Gasteiger partial charge in [-0.05, 0) is 61.6 Å². The van der Waals surface area contributed by atoms with Crippen molar-refractivity contribution in [3.05, 3.63) is 34.9 Å². The molecule has 0 aromatic heterocycles. The van der Waals surface area contributed by atoms with Crippen LogP contribution in [0.2, 0.25) is 5.02 Å². The number of likely N-dealkylation sites (tertiary alicyclic amines) is 1. The van der Waals surface area contributed by atoms with E-state index in [0.717, 1.165) is 44.1 Å². The number of nitrogens with one attached hydrogen (secondary N) is 3. The first-order chi connectivity index (χ1) is 22.6. The quantitative estimate of drug-likeness (QED) is 0.140. The number of ether oxygens (including phenoxy) is 2. The molecule has 11 heteroatoms. The van der Waals surface area contributed by atoms with E-state index in [1.807, 2.05) is 43.0 Å². The van der Waals surface area contributed by atoms with Crippen LogP contribution in [0.3, 0.4) is 0 Å². The van der Waals surface area contributed by atoms with Crippen molar-refractivity contribution in [3.63, 3.8) is 0 Å². The summed E-state index contributed by atoms with van der Waals surface area (Å²) in [5.74, 6) is 0.142. The summed E-state index contributed by atoms with van der Waals surface area (Å²) in [6.07, 6.45) is 8.68. The van der Waals surface area contributed by atoms with Gasteiger partial charge in [-0.1, -0.05) is 83.0 Å². The summed E-state index contributed by atoms with van der Waals surface area (Å²) >= 11 is 6.35. The number of benzene rings is 1. The standard InChI is InChI=1S/C36H59ClN4O6/c1-5-6-17-38-34(43)30(25(2)3)23-32(42)31(21-26-12-8-7-9-13-26)40-35(44)41-19-11-15-28(24-41)33(27-14-10-16-29(37)22-27)47-20-18-39-36(45)46-4/h10,14,16,22,25-26,28,30-33,42H,5-9,11-13,15,17-21,23-24H2,1-4H3,(H,38,43)(H,39,45)(H,40,44)/t28-,30+,31+,32+,33+/m1/s1. The third-order valence-electron chi connectivity index (χ3n) is 9.76. The Kier molecular flexibility index (Phi) is 17.1. The van der Waals surface area contributed by atoms with E-state index in [4.69, 9.17) is 16.3 Å². The van der Waals surface area contributed by atoms with Crippen molar-refractivity contribution >= 4 is 29.6 Å². The molecule has 266 valence electrons. The summed E-state index contributed by atoms with van der Waals surface area (Å²) < 4.78 is 11.0. The number of carbonyl (C=O) groups excluding carboxylic acids is 3. The minimum Gasteiger partial charge on any atom is -0.453 e. The minimum absolute atomic E-state index is 0.00458. The zero-order valence-corrected chi connectivity index (χ0v) is 29.7. The number of amides is 4. The monoisotopic (exact) mass is 678 g/mol. The van der Waals surface area contributed by atoms with Crippen LogP contribution in [0.25, 0.3) is 0 Å². The van der Waals surface area contributed by atoms with Crippen LogP contribution in [0.4, 0.5) is 9.59 Å². The molecule has 1 saturated heterocycles. The molecule has 1 saturated carbocycles. The van der Waals surface area contributed by atoms with Crippen molar-refractivity contribution in [2.45, 2.75) is 110 Å². The van der Waals surface area contributed by atoms with Gasteiger partial charge in [0, 0.05) is 43.0 Å². The fourth-order valence-electron chi connectivity index (χ4n) is 7.01. The van der Waals surface area contributed by atoms with Gasteiger partial charge in [0.2, 0.25) is 5.91 Å². The van der Waals surface area contributed by atoms with Crippen LogP contribution in [0.15, 0.2) is 24.3 Å². The highest BCUT2D eigenvalue weighted by molar-refractivity contribution is 6.30. The number of aliphatic hydroxyl groups is 1. The molecule has 1 aromatic rings. The van der Waals surface area contributed by atoms with E-state index in [2.05, 4.69) is 27.6 Å². The Morgan fingerprint density at radius 2 is 1.83 bits per heavy atom. The number of carbonyl (C=O) groups is 3. The summed E-state index contributed by atoms with van der Waals surface area (Å²) in [7, 11) is 1.32. The Morgan fingerprint density at radius 1 is 1.06 bits per heavy atom. The number of nitrogens with zero attached hydrogens (tertiary/aromatic N) is 1. The van der Waals surface area contributed by atoms with Crippen LogP contribution in [0.1, 0.15) is 103 Å². The average Bonchev–Trinajstić information content (AvgIpc) is 3.07. The van der Waals surface area contributed by atoms with Gasteiger partial charge in [0.1, 0.15) is 0 Å². The molecule has 1 aromatic carbocycles. The fraction of sp³-hybridized carbons (Fsp3) is 0.750. The number of methoxy groups -OCH3 is 1. The van der Waals surface area contributed by atoms with Crippen LogP contribution in [-0.4, -0.2) is 80.1 Å². The first-order valence-electron chi connectivity index (χ1n) is 17.8. The maximum atomic E-state index is 13.9. The van der Waals surface area contributed by atoms with Gasteiger partial charge in [-0.15, -0.1) is 0 Å². The van der Waals surface area contributed by atoms with Crippen molar-refractivity contribution in [3.8, 4) is 0 Å². The maximum Gasteiger partial charge on any atom is 0.406 e. The van der Waals surface area contributed by atoms with E-state index >= 15 is 0 Å². The normalized spacial score (nSPS) is 19.8. The summed E-state index contributed by atoms with van der Waals surface area (Å²) in [5.41, 5.74) is 0.922. The second kappa shape index (κ2) is 20.7. The molecule has 2 fully saturated rings. The predicted molar refractivity (Wildman–Crippen MR) is 185 cm³/mol. The Labute approximate surface area is 287 Å². The van der Waals surface area contributed by atoms with E-state index in [1.165, 1.54) is 26.4 Å². The van der Waals surface area contributed by atoms with Crippen molar-refractivity contribution in [2.75, 3.05) is 39.9 Å². The average molecular weight is 679 g/mol. The molecule has 4 amide bonds. The molecule has 1 aliphatic heterocycles. The van der Waals surface area contributed by atoms with E-state index in [0.29, 0.717) is 43.4 Å². The van der Waals surface area contributed by atoms with Gasteiger partial charge in [0.05, 0.1) is 32.0 Å². The lowest BCUT2D eigenvalue weighted by Gasteiger charge is -2.39. The van der Waals surface area contributed by atoms with E-state index < -0.39 is 18.2 Å². The third-order valence-corrected chi connectivity index (χ3v) is 9.99. The number of unbranched alkanes of at least 4 members (excludes halogenated alkanes) is 1. The lowest BCUT2D eigenvalue weighted by atomic mass is 9.81. The van der Waals surface area contributed by atoms with Crippen LogP contribution in [0, 0.1) is 23.7 Å². The van der Waals surface area contributed by atoms with E-state index in [-0.39, 0.29) is 48.9 Å². The first kappa shape index (κ1) is 38.9. The lowest BCUT2D eigenvalue weighted by Crippen LogP contribution is -2.53. The molecular formula is C36H59ClN4O6. The van der Waals surface area contributed by atoms with Gasteiger partial charge in [-0.3, -0.25) is 4.79 Å². The zero-order chi connectivity index (χ0) is 34.2. The zero-order valence-electron chi connectivity index (χ0n) is 29.0. The smallest absolute Gasteiger partial charge is 0.406 e. The molecule has 0 bridgehead atoms. The van der Waals surface area contributed by atoms with Crippen molar-refractivity contribution < 1.29 is 29.0 Å². The van der Waals surface area contributed by atoms with E-state index in [9.17, 15) is 19.5 Å². The number of rotatable bonds is 17. The highest BCUT2D eigenvalue weighted by Gasteiger charge is 2.35. The van der Waals surface area contributed by atoms with Gasteiger partial charge >= 0.3 is 12.1 Å². The SMILES string of the molecule is CCCCNC(=O)[C@@H](C[C@H](O)[C@H](CC1CCCCC1)NC(=O)N1CCC[C@@H]([C@@H](OCCNC(=O)OC)c2cccc(Cl)c2)C1)C(C)C. The Morgan fingerprint density at radius 3 is 2.51 bits per heavy atom. The Balaban J connectivity index is 1.72. The number of piperidine rings is 1. The molecule has 3 rings (SSSR count). The third kappa shape index (κ3) is 13.1. The van der Waals surface area contributed by atoms with Crippen molar-refractivity contribution in [2.24, 2.45) is 23.7 Å². The van der Waals surface area contributed by atoms with Crippen LogP contribution in [0.5, 0.6) is 0 Å². The second-order valence-electron chi connectivity index (χ2n) is 13.7. The number of halogens is 1. The lowest BCUT2D eigenvalue weighted by molar-refractivity contribution is -0.127. The highest BCUT2D eigenvalue weighted by Crippen LogP contribution is 2.35. The number of urea groups is 1. The van der Waals surface area contributed by atoms with Gasteiger partial charge < -0.3 is 35.4 Å². The topological polar surface area (TPSA) is 129 Å². The number of aliphatic hydroxyl groups excluding tert-OH is 1. The van der Waals surface area contributed by atoms with Crippen molar-refractivity contribution in [1.82, 2.24) is 20.9 Å². The molecule has 1 aliphatic carbocycles. The molecule has 1 heterocycles. The van der Waals surface area contributed by atoms with Crippen LogP contribution in [-0.2, 0) is 14.3 Å². The Bertz CT molecular complexity index is 1100. The highest BCUT2D eigenvalue weighted by atomic mass is 35.5. The van der Waals surface area contributed by atoms with Crippen LogP contribution < -0.4 is 16.0 Å². The second-order valence-corrected chi connectivity index (χ2v) is 14.1. The van der Waals surface area contributed by atoms with Crippen molar-refractivity contribution in [1.29, 1.82) is 0 Å². The Hall–Kier alpha value is -2.56. The van der Waals surface area contributed by atoms with Gasteiger partial charge in [0.25, 0.3) is 0 Å². The van der Waals surface area contributed by atoms with Gasteiger partial charge in [0.15, 0.2) is 0 Å². The van der Waals surface area contributed by atoms with E-state index in [1.54, 1.807) is 0 Å². The summed E-state index contributed by atoms with van der Waals surface area (Å²) in [4.78, 5) is 40.4. The summed E-state index contributed by atoms with van der Waals surface area (Å²) in [6, 6.07) is 6.93. The van der Waals surface area contributed by atoms with Crippen LogP contribution >= 0.6 is 11.6 Å². The minimum atomic E-state index is -0.837.